The van der Waals surface area contributed by atoms with Crippen LogP contribution in [0, 0.1) is 0 Å². The summed E-state index contributed by atoms with van der Waals surface area (Å²) in [5.74, 6) is -0.585. The number of primary amides is 1. The number of morpholine rings is 1. The number of carbonyl (C=O) groups is 1. The SMILES string of the molecule is Cn1cc(-c2ccc(C(N)=O)nc2-c2cccnc2)c(-c2ccc(N3CCOCC3)cn2)n1. The number of aryl methyl sites for hydroxylation is 1. The van der Waals surface area contributed by atoms with Crippen LogP contribution in [0.5, 0.6) is 0 Å². The molecule has 4 aromatic heterocycles. The van der Waals surface area contributed by atoms with Gasteiger partial charge in [0.1, 0.15) is 11.4 Å². The van der Waals surface area contributed by atoms with Crippen LogP contribution in [-0.2, 0) is 11.8 Å². The highest BCUT2D eigenvalue weighted by Gasteiger charge is 2.20. The molecule has 0 unspecified atom stereocenters. The Morgan fingerprint density at radius 2 is 1.88 bits per heavy atom. The minimum absolute atomic E-state index is 0.191. The molecule has 166 valence electrons. The van der Waals surface area contributed by atoms with Crippen LogP contribution < -0.4 is 10.6 Å². The van der Waals surface area contributed by atoms with E-state index in [0.717, 1.165) is 60.1 Å². The van der Waals surface area contributed by atoms with E-state index in [9.17, 15) is 4.79 Å². The minimum Gasteiger partial charge on any atom is -0.378 e. The number of pyridine rings is 3. The topological polar surface area (TPSA) is 112 Å². The molecule has 1 amide bonds. The first-order chi connectivity index (χ1) is 16.1. The monoisotopic (exact) mass is 441 g/mol. The second-order valence-corrected chi connectivity index (χ2v) is 7.76. The quantitative estimate of drug-likeness (QED) is 0.506. The lowest BCUT2D eigenvalue weighted by molar-refractivity contribution is 0.0995. The lowest BCUT2D eigenvalue weighted by Gasteiger charge is -2.28. The molecular formula is C24H23N7O2. The molecule has 1 aliphatic heterocycles. The highest BCUT2D eigenvalue weighted by Crippen LogP contribution is 2.36. The first-order valence-corrected chi connectivity index (χ1v) is 10.6. The van der Waals surface area contributed by atoms with Crippen molar-refractivity contribution >= 4 is 11.6 Å². The number of amides is 1. The van der Waals surface area contributed by atoms with Crippen molar-refractivity contribution in [1.82, 2.24) is 24.7 Å². The third-order valence-electron chi connectivity index (χ3n) is 5.57. The maximum absolute atomic E-state index is 11.8. The fraction of sp³-hybridized carbons (Fsp3) is 0.208. The molecule has 1 saturated heterocycles. The van der Waals surface area contributed by atoms with Gasteiger partial charge in [-0.25, -0.2) is 4.98 Å². The van der Waals surface area contributed by atoms with E-state index in [0.29, 0.717) is 5.69 Å². The zero-order valence-corrected chi connectivity index (χ0v) is 18.2. The minimum atomic E-state index is -0.585. The summed E-state index contributed by atoms with van der Waals surface area (Å²) >= 11 is 0. The van der Waals surface area contributed by atoms with Gasteiger partial charge in [0.15, 0.2) is 0 Å². The second kappa shape index (κ2) is 8.79. The van der Waals surface area contributed by atoms with E-state index in [2.05, 4.69) is 26.0 Å². The smallest absolute Gasteiger partial charge is 0.267 e. The number of nitrogens with zero attached hydrogens (tertiary/aromatic N) is 6. The second-order valence-electron chi connectivity index (χ2n) is 7.76. The summed E-state index contributed by atoms with van der Waals surface area (Å²) in [5.41, 5.74) is 11.3. The van der Waals surface area contributed by atoms with Gasteiger partial charge in [-0.1, -0.05) is 0 Å². The molecule has 2 N–H and O–H groups in total. The Bertz CT molecular complexity index is 1280. The largest absolute Gasteiger partial charge is 0.378 e. The summed E-state index contributed by atoms with van der Waals surface area (Å²) in [6.07, 6.45) is 7.20. The predicted molar refractivity (Wildman–Crippen MR) is 124 cm³/mol. The van der Waals surface area contributed by atoms with Crippen molar-refractivity contribution in [2.75, 3.05) is 31.2 Å². The van der Waals surface area contributed by atoms with Crippen molar-refractivity contribution in [3.63, 3.8) is 0 Å². The number of carbonyl (C=O) groups excluding carboxylic acids is 1. The van der Waals surface area contributed by atoms with Gasteiger partial charge < -0.3 is 15.4 Å². The predicted octanol–water partition coefficient (Wildman–Crippen LogP) is 2.54. The van der Waals surface area contributed by atoms with Crippen LogP contribution in [0.15, 0.2) is 61.2 Å². The third kappa shape index (κ3) is 4.18. The van der Waals surface area contributed by atoms with Gasteiger partial charge in [-0.15, -0.1) is 0 Å². The normalized spacial score (nSPS) is 13.8. The zero-order chi connectivity index (χ0) is 22.8. The van der Waals surface area contributed by atoms with Gasteiger partial charge in [-0.3, -0.25) is 19.4 Å². The summed E-state index contributed by atoms with van der Waals surface area (Å²) in [5, 5.41) is 4.68. The fourth-order valence-corrected chi connectivity index (χ4v) is 3.95. The van der Waals surface area contributed by atoms with E-state index in [1.807, 2.05) is 43.7 Å². The molecule has 0 atom stereocenters. The van der Waals surface area contributed by atoms with Crippen molar-refractivity contribution in [3.8, 4) is 33.8 Å². The van der Waals surface area contributed by atoms with Gasteiger partial charge in [0.05, 0.1) is 36.5 Å². The van der Waals surface area contributed by atoms with Gasteiger partial charge in [-0.2, -0.15) is 5.10 Å². The fourth-order valence-electron chi connectivity index (χ4n) is 3.95. The molecule has 5 heterocycles. The molecule has 0 saturated carbocycles. The molecule has 0 spiro atoms. The van der Waals surface area contributed by atoms with Crippen molar-refractivity contribution in [2.24, 2.45) is 12.8 Å². The molecule has 9 nitrogen and oxygen atoms in total. The van der Waals surface area contributed by atoms with Crippen LogP contribution in [0.3, 0.4) is 0 Å². The average Bonchev–Trinajstić information content (AvgIpc) is 3.26. The standard InChI is InChI=1S/C24H23N7O2/c1-30-15-19(18-5-7-21(24(25)32)28-22(18)16-3-2-8-26-13-16)23(29-30)20-6-4-17(14-27-20)31-9-11-33-12-10-31/h2-8,13-15H,9-12H2,1H3,(H2,25,32). The summed E-state index contributed by atoms with van der Waals surface area (Å²) in [7, 11) is 1.87. The van der Waals surface area contributed by atoms with Crippen LogP contribution in [0.4, 0.5) is 5.69 Å². The molecule has 33 heavy (non-hydrogen) atoms. The summed E-state index contributed by atoms with van der Waals surface area (Å²) in [6, 6.07) is 11.2. The molecule has 1 fully saturated rings. The third-order valence-corrected chi connectivity index (χ3v) is 5.57. The maximum Gasteiger partial charge on any atom is 0.267 e. The van der Waals surface area contributed by atoms with Gasteiger partial charge >= 0.3 is 0 Å². The lowest BCUT2D eigenvalue weighted by Crippen LogP contribution is -2.36. The number of ether oxygens (including phenoxy) is 1. The number of anilines is 1. The Labute approximate surface area is 190 Å². The molecule has 0 bridgehead atoms. The Hall–Kier alpha value is -4.11. The van der Waals surface area contributed by atoms with Crippen LogP contribution in [0.25, 0.3) is 33.8 Å². The van der Waals surface area contributed by atoms with E-state index in [-0.39, 0.29) is 5.69 Å². The van der Waals surface area contributed by atoms with Crippen molar-refractivity contribution in [3.05, 3.63) is 66.9 Å². The van der Waals surface area contributed by atoms with E-state index in [1.165, 1.54) is 0 Å². The van der Waals surface area contributed by atoms with Crippen LogP contribution in [0.2, 0.25) is 0 Å². The van der Waals surface area contributed by atoms with Crippen molar-refractivity contribution in [2.45, 2.75) is 0 Å². The molecule has 1 aliphatic rings. The zero-order valence-electron chi connectivity index (χ0n) is 18.2. The number of rotatable bonds is 5. The molecule has 4 aromatic rings. The van der Waals surface area contributed by atoms with Gasteiger partial charge in [0.25, 0.3) is 5.91 Å². The van der Waals surface area contributed by atoms with E-state index >= 15 is 0 Å². The van der Waals surface area contributed by atoms with Gasteiger partial charge in [0.2, 0.25) is 0 Å². The molecule has 0 radical (unpaired) electrons. The number of aromatic nitrogens is 5. The van der Waals surface area contributed by atoms with E-state index in [1.54, 1.807) is 23.1 Å². The summed E-state index contributed by atoms with van der Waals surface area (Å²) < 4.78 is 7.19. The van der Waals surface area contributed by atoms with Crippen LogP contribution >= 0.6 is 0 Å². The molecular weight excluding hydrogens is 418 g/mol. The number of hydrogen-bond acceptors (Lipinski definition) is 7. The average molecular weight is 441 g/mol. The van der Waals surface area contributed by atoms with Crippen LogP contribution in [0.1, 0.15) is 10.5 Å². The Morgan fingerprint density at radius 3 is 2.58 bits per heavy atom. The first kappa shape index (κ1) is 20.8. The van der Waals surface area contributed by atoms with Crippen molar-refractivity contribution in [1.29, 1.82) is 0 Å². The summed E-state index contributed by atoms with van der Waals surface area (Å²) in [6.45, 7) is 3.14. The maximum atomic E-state index is 11.8. The molecule has 0 aliphatic carbocycles. The Balaban J connectivity index is 1.59. The number of nitrogens with two attached hydrogens (primary N) is 1. The highest BCUT2D eigenvalue weighted by molar-refractivity contribution is 5.94. The van der Waals surface area contributed by atoms with E-state index < -0.39 is 5.91 Å². The highest BCUT2D eigenvalue weighted by atomic mass is 16.5. The van der Waals surface area contributed by atoms with Crippen LogP contribution in [-0.4, -0.2) is 56.9 Å². The van der Waals surface area contributed by atoms with E-state index in [4.69, 9.17) is 15.5 Å². The molecule has 0 aromatic carbocycles. The summed E-state index contributed by atoms with van der Waals surface area (Å²) in [4.78, 5) is 27.5. The Kier molecular flexibility index (Phi) is 5.54. The number of hydrogen-bond donors (Lipinski definition) is 1. The van der Waals surface area contributed by atoms with Gasteiger partial charge in [-0.05, 0) is 36.4 Å². The van der Waals surface area contributed by atoms with Gasteiger partial charge in [0, 0.05) is 55.4 Å². The first-order valence-electron chi connectivity index (χ1n) is 10.6. The lowest BCUT2D eigenvalue weighted by atomic mass is 9.98. The molecule has 5 rings (SSSR count). The van der Waals surface area contributed by atoms with Crippen molar-refractivity contribution < 1.29 is 9.53 Å². The Morgan fingerprint density at radius 1 is 1.03 bits per heavy atom. The molecule has 9 heteroatoms.